The molecule has 0 amide bonds. The van der Waals surface area contributed by atoms with E-state index >= 15 is 0 Å². The lowest BCUT2D eigenvalue weighted by Crippen LogP contribution is -2.07. The lowest BCUT2D eigenvalue weighted by atomic mass is 10.0. The lowest BCUT2D eigenvalue weighted by Gasteiger charge is -2.10. The highest BCUT2D eigenvalue weighted by Crippen LogP contribution is 2.16. The summed E-state index contributed by atoms with van der Waals surface area (Å²) in [6.07, 6.45) is 2.83. The van der Waals surface area contributed by atoms with Gasteiger partial charge in [0.15, 0.2) is 0 Å². The number of hydrogen-bond donors (Lipinski definition) is 1. The molecule has 0 fully saturated rings. The second-order valence-corrected chi connectivity index (χ2v) is 4.67. The van der Waals surface area contributed by atoms with Crippen LogP contribution in [0.1, 0.15) is 11.1 Å². The largest absolute Gasteiger partial charge is 0.330 e. The summed E-state index contributed by atoms with van der Waals surface area (Å²) < 4.78 is 2.19. The summed E-state index contributed by atoms with van der Waals surface area (Å²) in [5.74, 6) is 0. The third kappa shape index (κ3) is 2.37. The first-order chi connectivity index (χ1) is 9.38. The first-order valence-corrected chi connectivity index (χ1v) is 6.55. The van der Waals surface area contributed by atoms with Gasteiger partial charge in [0.05, 0.1) is 17.4 Å². The van der Waals surface area contributed by atoms with Gasteiger partial charge in [0.1, 0.15) is 0 Å². The Morgan fingerprint density at radius 2 is 1.68 bits per heavy atom. The topological polar surface area (TPSA) is 43.8 Å². The number of aromatic nitrogens is 2. The Hall–Kier alpha value is -2.13. The fourth-order valence-corrected chi connectivity index (χ4v) is 2.43. The van der Waals surface area contributed by atoms with Gasteiger partial charge in [-0.05, 0) is 36.2 Å². The molecule has 1 aromatic heterocycles. The summed E-state index contributed by atoms with van der Waals surface area (Å²) in [4.78, 5) is 4.43. The van der Waals surface area contributed by atoms with Crippen LogP contribution in [0.15, 0.2) is 54.9 Å². The third-order valence-corrected chi connectivity index (χ3v) is 3.40. The molecule has 0 aliphatic carbocycles. The number of imidazole rings is 1. The van der Waals surface area contributed by atoms with Gasteiger partial charge in [-0.15, -0.1) is 0 Å². The molecule has 0 atom stereocenters. The predicted molar refractivity (Wildman–Crippen MR) is 78.0 cm³/mol. The predicted octanol–water partition coefficient (Wildman–Crippen LogP) is 2.59. The van der Waals surface area contributed by atoms with Gasteiger partial charge in [-0.1, -0.05) is 36.4 Å². The van der Waals surface area contributed by atoms with Gasteiger partial charge in [0.25, 0.3) is 0 Å². The van der Waals surface area contributed by atoms with E-state index in [9.17, 15) is 0 Å². The minimum Gasteiger partial charge on any atom is -0.330 e. The zero-order valence-electron chi connectivity index (χ0n) is 10.8. The van der Waals surface area contributed by atoms with E-state index in [4.69, 9.17) is 5.73 Å². The van der Waals surface area contributed by atoms with E-state index in [1.807, 2.05) is 24.5 Å². The minimum atomic E-state index is 0.682. The smallest absolute Gasteiger partial charge is 0.0961 e. The zero-order chi connectivity index (χ0) is 13.1. The summed E-state index contributed by atoms with van der Waals surface area (Å²) in [5, 5.41) is 0. The van der Waals surface area contributed by atoms with E-state index in [0.29, 0.717) is 6.54 Å². The van der Waals surface area contributed by atoms with Gasteiger partial charge in [0.2, 0.25) is 0 Å². The Kier molecular flexibility index (Phi) is 3.29. The highest BCUT2D eigenvalue weighted by molar-refractivity contribution is 5.75. The second-order valence-electron chi connectivity index (χ2n) is 4.67. The Morgan fingerprint density at radius 3 is 2.53 bits per heavy atom. The fourth-order valence-electron chi connectivity index (χ4n) is 2.43. The summed E-state index contributed by atoms with van der Waals surface area (Å²) >= 11 is 0. The normalized spacial score (nSPS) is 11.0. The molecule has 3 aromatic rings. The summed E-state index contributed by atoms with van der Waals surface area (Å²) in [5.41, 5.74) is 10.5. The molecule has 0 radical (unpaired) electrons. The Balaban J connectivity index is 1.97. The van der Waals surface area contributed by atoms with E-state index in [1.54, 1.807) is 0 Å². The van der Waals surface area contributed by atoms with Gasteiger partial charge < -0.3 is 10.3 Å². The summed E-state index contributed by atoms with van der Waals surface area (Å²) in [7, 11) is 0. The Labute approximate surface area is 112 Å². The third-order valence-electron chi connectivity index (χ3n) is 3.40. The van der Waals surface area contributed by atoms with E-state index in [2.05, 4.69) is 39.9 Å². The minimum absolute atomic E-state index is 0.682. The van der Waals surface area contributed by atoms with E-state index < -0.39 is 0 Å². The Bertz CT molecular complexity index is 685. The number of benzene rings is 2. The molecule has 1 heterocycles. The monoisotopic (exact) mass is 251 g/mol. The van der Waals surface area contributed by atoms with Crippen molar-refractivity contribution < 1.29 is 0 Å². The van der Waals surface area contributed by atoms with Crippen LogP contribution in [0.3, 0.4) is 0 Å². The highest BCUT2D eigenvalue weighted by atomic mass is 15.0. The van der Waals surface area contributed by atoms with Crippen LogP contribution >= 0.6 is 0 Å². The first kappa shape index (κ1) is 11.9. The van der Waals surface area contributed by atoms with Crippen molar-refractivity contribution in [2.24, 2.45) is 5.73 Å². The van der Waals surface area contributed by atoms with Gasteiger partial charge in [-0.2, -0.15) is 0 Å². The van der Waals surface area contributed by atoms with Crippen molar-refractivity contribution in [3.8, 4) is 0 Å². The van der Waals surface area contributed by atoms with Crippen LogP contribution in [0.2, 0.25) is 0 Å². The number of hydrogen-bond acceptors (Lipinski definition) is 2. The zero-order valence-corrected chi connectivity index (χ0v) is 10.8. The van der Waals surface area contributed by atoms with Gasteiger partial charge >= 0.3 is 0 Å². The van der Waals surface area contributed by atoms with Gasteiger partial charge in [0, 0.05) is 6.54 Å². The summed E-state index contributed by atoms with van der Waals surface area (Å²) in [6.45, 7) is 1.53. The molecular weight excluding hydrogens is 234 g/mol. The Morgan fingerprint density at radius 1 is 0.947 bits per heavy atom. The van der Waals surface area contributed by atoms with Crippen molar-refractivity contribution in [1.82, 2.24) is 9.55 Å². The molecule has 0 aliphatic rings. The molecule has 0 spiro atoms. The maximum Gasteiger partial charge on any atom is 0.0961 e. The molecule has 0 bridgehead atoms. The average Bonchev–Trinajstić information content (AvgIpc) is 2.85. The second kappa shape index (κ2) is 5.24. The molecule has 0 saturated carbocycles. The maximum absolute atomic E-state index is 5.67. The fraction of sp³-hybridized carbons (Fsp3) is 0.188. The van der Waals surface area contributed by atoms with Crippen molar-refractivity contribution in [1.29, 1.82) is 0 Å². The molecule has 3 nitrogen and oxygen atoms in total. The molecule has 19 heavy (non-hydrogen) atoms. The van der Waals surface area contributed by atoms with Gasteiger partial charge in [-0.25, -0.2) is 4.98 Å². The molecule has 0 unspecified atom stereocenters. The number of nitrogens with two attached hydrogens (primary N) is 1. The molecule has 0 saturated heterocycles. The van der Waals surface area contributed by atoms with Crippen molar-refractivity contribution in [3.05, 3.63) is 66.0 Å². The van der Waals surface area contributed by atoms with E-state index in [0.717, 1.165) is 18.5 Å². The molecule has 96 valence electrons. The highest BCUT2D eigenvalue weighted by Gasteiger charge is 2.05. The van der Waals surface area contributed by atoms with Crippen LogP contribution < -0.4 is 5.73 Å². The number of nitrogens with zero attached hydrogens (tertiary/aromatic N) is 2. The molecule has 2 N–H and O–H groups in total. The molecule has 0 aliphatic heterocycles. The van der Waals surface area contributed by atoms with Crippen LogP contribution in [0.5, 0.6) is 0 Å². The number of rotatable bonds is 4. The standard InChI is InChI=1S/C16H17N3/c17-10-9-13-5-1-2-6-14(13)11-19-12-18-15-7-3-4-8-16(15)19/h1-8,12H,9-11,17H2. The lowest BCUT2D eigenvalue weighted by molar-refractivity contribution is 0.805. The summed E-state index contributed by atoms with van der Waals surface area (Å²) in [6, 6.07) is 16.7. The first-order valence-electron chi connectivity index (χ1n) is 6.55. The van der Waals surface area contributed by atoms with Crippen molar-refractivity contribution in [2.75, 3.05) is 6.54 Å². The molecular formula is C16H17N3. The van der Waals surface area contributed by atoms with Crippen LogP contribution in [-0.2, 0) is 13.0 Å². The van der Waals surface area contributed by atoms with Crippen LogP contribution in [0.4, 0.5) is 0 Å². The number of fused-ring (bicyclic) bond motifs is 1. The molecule has 2 aromatic carbocycles. The SMILES string of the molecule is NCCc1ccccc1Cn1cnc2ccccc21. The van der Waals surface area contributed by atoms with E-state index in [1.165, 1.54) is 16.6 Å². The van der Waals surface area contributed by atoms with Crippen molar-refractivity contribution >= 4 is 11.0 Å². The average molecular weight is 251 g/mol. The molecule has 3 rings (SSSR count). The molecule has 3 heteroatoms. The quantitative estimate of drug-likeness (QED) is 0.774. The van der Waals surface area contributed by atoms with Crippen molar-refractivity contribution in [2.45, 2.75) is 13.0 Å². The van der Waals surface area contributed by atoms with Crippen LogP contribution in [0.25, 0.3) is 11.0 Å². The van der Waals surface area contributed by atoms with Gasteiger partial charge in [-0.3, -0.25) is 0 Å². The van der Waals surface area contributed by atoms with Crippen molar-refractivity contribution in [3.63, 3.8) is 0 Å². The van der Waals surface area contributed by atoms with Crippen LogP contribution in [0, 0.1) is 0 Å². The van der Waals surface area contributed by atoms with Crippen LogP contribution in [-0.4, -0.2) is 16.1 Å². The van der Waals surface area contributed by atoms with E-state index in [-0.39, 0.29) is 0 Å². The number of para-hydroxylation sites is 2. The maximum atomic E-state index is 5.67.